The fourth-order valence-corrected chi connectivity index (χ4v) is 0.965. The fourth-order valence-electron chi connectivity index (χ4n) is 0.965. The van der Waals surface area contributed by atoms with Crippen LogP contribution in [-0.2, 0) is 0 Å². The Hall–Kier alpha value is -1.04. The molecule has 0 spiro atoms. The van der Waals surface area contributed by atoms with E-state index in [1.807, 2.05) is 0 Å². The van der Waals surface area contributed by atoms with Crippen molar-refractivity contribution in [2.24, 2.45) is 0 Å². The largest absolute Gasteiger partial charge is 0.418 e. The lowest BCUT2D eigenvalue weighted by Gasteiger charge is -2.12. The first-order chi connectivity index (χ1) is 6.32. The van der Waals surface area contributed by atoms with Gasteiger partial charge in [0.2, 0.25) is 0 Å². The monoisotopic (exact) mass is 208 g/mol. The molecule has 0 unspecified atom stereocenters. The van der Waals surface area contributed by atoms with Gasteiger partial charge in [-0.05, 0) is 13.8 Å². The van der Waals surface area contributed by atoms with E-state index in [-0.39, 0.29) is 11.6 Å². The molecule has 1 aromatic heterocycles. The van der Waals surface area contributed by atoms with Crippen molar-refractivity contribution >= 4 is 0 Å². The maximum Gasteiger partial charge on any atom is 0.418 e. The van der Waals surface area contributed by atoms with Crippen LogP contribution in [0, 0.1) is 0 Å². The van der Waals surface area contributed by atoms with Crippen molar-refractivity contribution in [1.82, 2.24) is 9.78 Å². The van der Waals surface area contributed by atoms with Crippen LogP contribution in [-0.4, -0.2) is 21.1 Å². The second-order valence-electron chi connectivity index (χ2n) is 3.29. The van der Waals surface area contributed by atoms with Crippen LogP contribution in [0.25, 0.3) is 0 Å². The summed E-state index contributed by atoms with van der Waals surface area (Å²) in [6.45, 7) is 3.58. The molecule has 14 heavy (non-hydrogen) atoms. The summed E-state index contributed by atoms with van der Waals surface area (Å²) in [5.74, 6) is 0. The predicted molar refractivity (Wildman–Crippen MR) is 43.6 cm³/mol. The number of hydrogen-bond acceptors (Lipinski definition) is 2. The summed E-state index contributed by atoms with van der Waals surface area (Å²) in [6, 6.07) is -0.0239. The summed E-state index contributed by atoms with van der Waals surface area (Å²) in [7, 11) is 0. The first-order valence-corrected chi connectivity index (χ1v) is 4.11. The molecule has 1 N–H and O–H groups in total. The maximum absolute atomic E-state index is 12.1. The van der Waals surface area contributed by atoms with E-state index >= 15 is 0 Å². The number of hydrogen-bond donors (Lipinski definition) is 1. The lowest BCUT2D eigenvalue weighted by atomic mass is 10.2. The summed E-state index contributed by atoms with van der Waals surface area (Å²) in [5, 5.41) is 12.6. The van der Waals surface area contributed by atoms with E-state index in [0.29, 0.717) is 0 Å². The number of aromatic nitrogens is 2. The first-order valence-electron chi connectivity index (χ1n) is 4.11. The Kier molecular flexibility index (Phi) is 2.84. The molecule has 0 aliphatic rings. The smallest absolute Gasteiger partial charge is 0.379 e. The highest BCUT2D eigenvalue weighted by atomic mass is 19.4. The molecule has 0 aliphatic heterocycles. The van der Waals surface area contributed by atoms with Crippen LogP contribution in [0.3, 0.4) is 0 Å². The summed E-state index contributed by atoms with van der Waals surface area (Å²) in [5.41, 5.74) is -0.230. The van der Waals surface area contributed by atoms with Gasteiger partial charge in [0, 0.05) is 17.8 Å². The van der Waals surface area contributed by atoms with Crippen LogP contribution < -0.4 is 0 Å². The van der Waals surface area contributed by atoms with Crippen molar-refractivity contribution in [3.8, 4) is 0 Å². The second-order valence-corrected chi connectivity index (χ2v) is 3.29. The first kappa shape index (κ1) is 11.0. The molecule has 1 atom stereocenters. The molecule has 0 fully saturated rings. The zero-order chi connectivity index (χ0) is 10.9. The van der Waals surface area contributed by atoms with Crippen LogP contribution in [0.15, 0.2) is 12.4 Å². The number of aliphatic hydroxyl groups excluding tert-OH is 1. The lowest BCUT2D eigenvalue weighted by molar-refractivity contribution is -0.206. The Bertz CT molecular complexity index is 306. The van der Waals surface area contributed by atoms with E-state index in [1.54, 1.807) is 13.8 Å². The predicted octanol–water partition coefficient (Wildman–Crippen LogP) is 2.06. The molecule has 3 nitrogen and oxygen atoms in total. The molecule has 80 valence electrons. The standard InChI is InChI=1S/C8H11F3N2O/c1-5(2)13-4-6(3-12-13)7(14)8(9,10)11/h3-5,7,14H,1-2H3/t7-/m1/s1. The molecule has 1 aromatic rings. The van der Waals surface area contributed by atoms with E-state index in [0.717, 1.165) is 6.20 Å². The van der Waals surface area contributed by atoms with Crippen LogP contribution in [0.1, 0.15) is 31.6 Å². The SMILES string of the molecule is CC(C)n1cc([C@@H](O)C(F)(F)F)cn1. The van der Waals surface area contributed by atoms with Gasteiger partial charge in [-0.2, -0.15) is 18.3 Å². The van der Waals surface area contributed by atoms with E-state index in [1.165, 1.54) is 10.9 Å². The Labute approximate surface area is 79.2 Å². The quantitative estimate of drug-likeness (QED) is 0.807. The van der Waals surface area contributed by atoms with Crippen molar-refractivity contribution in [2.75, 3.05) is 0 Å². The van der Waals surface area contributed by atoms with Gasteiger partial charge in [-0.1, -0.05) is 0 Å². The van der Waals surface area contributed by atoms with Gasteiger partial charge in [0.1, 0.15) is 0 Å². The molecule has 0 saturated heterocycles. The number of nitrogens with zero attached hydrogens (tertiary/aromatic N) is 2. The summed E-state index contributed by atoms with van der Waals surface area (Å²) in [4.78, 5) is 0. The van der Waals surface area contributed by atoms with Crippen LogP contribution in [0.4, 0.5) is 13.2 Å². The zero-order valence-corrected chi connectivity index (χ0v) is 7.78. The molecular formula is C8H11F3N2O. The third kappa shape index (κ3) is 2.25. The van der Waals surface area contributed by atoms with E-state index in [4.69, 9.17) is 5.11 Å². The van der Waals surface area contributed by atoms with Crippen molar-refractivity contribution in [3.63, 3.8) is 0 Å². The van der Waals surface area contributed by atoms with Crippen LogP contribution >= 0.6 is 0 Å². The molecule has 6 heteroatoms. The van der Waals surface area contributed by atoms with Gasteiger partial charge in [-0.3, -0.25) is 4.68 Å². The van der Waals surface area contributed by atoms with Gasteiger partial charge >= 0.3 is 6.18 Å². The van der Waals surface area contributed by atoms with Gasteiger partial charge < -0.3 is 5.11 Å². The van der Waals surface area contributed by atoms with Gasteiger partial charge in [-0.15, -0.1) is 0 Å². The van der Waals surface area contributed by atoms with Gasteiger partial charge in [-0.25, -0.2) is 0 Å². The Balaban J connectivity index is 2.87. The van der Waals surface area contributed by atoms with Gasteiger partial charge in [0.15, 0.2) is 6.10 Å². The van der Waals surface area contributed by atoms with Gasteiger partial charge in [0.25, 0.3) is 0 Å². The normalized spacial score (nSPS) is 14.8. The molecule has 0 saturated carbocycles. The molecule has 0 amide bonds. The van der Waals surface area contributed by atoms with E-state index in [9.17, 15) is 13.2 Å². The average Bonchev–Trinajstić information content (AvgIpc) is 2.48. The Morgan fingerprint density at radius 1 is 1.43 bits per heavy atom. The molecule has 0 aromatic carbocycles. The highest BCUT2D eigenvalue weighted by Gasteiger charge is 2.40. The second kappa shape index (κ2) is 3.61. The maximum atomic E-state index is 12.1. The van der Waals surface area contributed by atoms with Crippen molar-refractivity contribution in [2.45, 2.75) is 32.2 Å². The molecule has 0 aliphatic carbocycles. The lowest BCUT2D eigenvalue weighted by Crippen LogP contribution is -2.19. The Morgan fingerprint density at radius 2 is 2.00 bits per heavy atom. The average molecular weight is 208 g/mol. The topological polar surface area (TPSA) is 38.0 Å². The Morgan fingerprint density at radius 3 is 2.36 bits per heavy atom. The molecule has 0 radical (unpaired) electrons. The minimum Gasteiger partial charge on any atom is -0.379 e. The summed E-state index contributed by atoms with van der Waals surface area (Å²) >= 11 is 0. The van der Waals surface area contributed by atoms with Crippen molar-refractivity contribution in [1.29, 1.82) is 0 Å². The highest BCUT2D eigenvalue weighted by Crippen LogP contribution is 2.32. The number of rotatable bonds is 2. The van der Waals surface area contributed by atoms with Gasteiger partial charge in [0.05, 0.1) is 6.20 Å². The zero-order valence-electron chi connectivity index (χ0n) is 7.78. The fraction of sp³-hybridized carbons (Fsp3) is 0.625. The van der Waals surface area contributed by atoms with E-state index in [2.05, 4.69) is 5.10 Å². The molecule has 0 bridgehead atoms. The number of halogens is 3. The third-order valence-electron chi connectivity index (χ3n) is 1.78. The summed E-state index contributed by atoms with van der Waals surface area (Å²) in [6.07, 6.45) is -4.86. The highest BCUT2D eigenvalue weighted by molar-refractivity contribution is 5.10. The van der Waals surface area contributed by atoms with Crippen LogP contribution in [0.2, 0.25) is 0 Å². The minimum atomic E-state index is -4.63. The van der Waals surface area contributed by atoms with Crippen LogP contribution in [0.5, 0.6) is 0 Å². The minimum absolute atomic E-state index is 0.0239. The molecular weight excluding hydrogens is 197 g/mol. The number of alkyl halides is 3. The number of aliphatic hydroxyl groups is 1. The van der Waals surface area contributed by atoms with Crippen molar-refractivity contribution < 1.29 is 18.3 Å². The van der Waals surface area contributed by atoms with Crippen molar-refractivity contribution in [3.05, 3.63) is 18.0 Å². The summed E-state index contributed by atoms with van der Waals surface area (Å²) < 4.78 is 37.5. The molecule has 1 rings (SSSR count). The molecule has 1 heterocycles. The third-order valence-corrected chi connectivity index (χ3v) is 1.78. The van der Waals surface area contributed by atoms with E-state index < -0.39 is 12.3 Å².